The van der Waals surface area contributed by atoms with Gasteiger partial charge in [-0.1, -0.05) is 23.2 Å². The van der Waals surface area contributed by atoms with Gasteiger partial charge in [0.15, 0.2) is 0 Å². The zero-order chi connectivity index (χ0) is 13.8. The summed E-state index contributed by atoms with van der Waals surface area (Å²) < 4.78 is 5.36. The Balaban J connectivity index is 2.07. The molecule has 0 amide bonds. The minimum Gasteiger partial charge on any atom is -0.495 e. The molecule has 1 N–H and O–H groups in total. The van der Waals surface area contributed by atoms with Gasteiger partial charge < -0.3 is 9.84 Å². The number of hydrogen-bond acceptors (Lipinski definition) is 3. The van der Waals surface area contributed by atoms with Crippen LogP contribution in [-0.2, 0) is 6.54 Å². The molecule has 19 heavy (non-hydrogen) atoms. The number of benzene rings is 1. The Morgan fingerprint density at radius 1 is 1.32 bits per heavy atom. The van der Waals surface area contributed by atoms with Crippen LogP contribution in [0.3, 0.4) is 0 Å². The van der Waals surface area contributed by atoms with E-state index in [9.17, 15) is 0 Å². The van der Waals surface area contributed by atoms with Crippen LogP contribution >= 0.6 is 23.2 Å². The fraction of sp³-hybridized carbons (Fsp3) is 0.571. The van der Waals surface area contributed by atoms with E-state index in [4.69, 9.17) is 33.0 Å². The summed E-state index contributed by atoms with van der Waals surface area (Å²) in [7, 11) is 1.62. The van der Waals surface area contributed by atoms with E-state index in [1.165, 1.54) is 0 Å². The first-order valence-electron chi connectivity index (χ1n) is 6.49. The van der Waals surface area contributed by atoms with Gasteiger partial charge in [0.05, 0.1) is 12.1 Å². The summed E-state index contributed by atoms with van der Waals surface area (Å²) in [5, 5.41) is 10.3. The van der Waals surface area contributed by atoms with Gasteiger partial charge in [-0.05, 0) is 44.0 Å². The van der Waals surface area contributed by atoms with Gasteiger partial charge in [-0.3, -0.25) is 4.90 Å². The average molecular weight is 304 g/mol. The molecule has 2 rings (SSSR count). The van der Waals surface area contributed by atoms with Crippen LogP contribution in [0.5, 0.6) is 5.75 Å². The van der Waals surface area contributed by atoms with Gasteiger partial charge in [-0.2, -0.15) is 0 Å². The van der Waals surface area contributed by atoms with Crippen LogP contribution in [0.25, 0.3) is 0 Å². The normalized spacial score (nSPS) is 17.7. The summed E-state index contributed by atoms with van der Waals surface area (Å²) in [4.78, 5) is 2.34. The molecule has 0 saturated carbocycles. The third-order valence-corrected chi connectivity index (χ3v) is 4.15. The minimum atomic E-state index is 0.292. The van der Waals surface area contributed by atoms with Crippen LogP contribution in [0.4, 0.5) is 0 Å². The predicted octanol–water partition coefficient (Wildman–Crippen LogP) is 3.21. The first kappa shape index (κ1) is 14.9. The van der Waals surface area contributed by atoms with Gasteiger partial charge >= 0.3 is 0 Å². The van der Waals surface area contributed by atoms with Gasteiger partial charge in [0.1, 0.15) is 5.75 Å². The molecule has 1 aliphatic heterocycles. The summed E-state index contributed by atoms with van der Waals surface area (Å²) in [6.07, 6.45) is 2.07. The lowest BCUT2D eigenvalue weighted by Gasteiger charge is -2.31. The van der Waals surface area contributed by atoms with Gasteiger partial charge in [0, 0.05) is 23.7 Å². The molecular weight excluding hydrogens is 285 g/mol. The van der Waals surface area contributed by atoms with E-state index in [1.54, 1.807) is 13.2 Å². The van der Waals surface area contributed by atoms with Gasteiger partial charge in [-0.15, -0.1) is 0 Å². The number of hydrogen-bond donors (Lipinski definition) is 1. The van der Waals surface area contributed by atoms with Crippen molar-refractivity contribution in [1.82, 2.24) is 4.90 Å². The van der Waals surface area contributed by atoms with Crippen molar-refractivity contribution in [3.8, 4) is 5.75 Å². The van der Waals surface area contributed by atoms with E-state index < -0.39 is 0 Å². The summed E-state index contributed by atoms with van der Waals surface area (Å²) >= 11 is 12.2. The number of likely N-dealkylation sites (tertiary alicyclic amines) is 1. The molecule has 0 radical (unpaired) electrons. The molecule has 0 atom stereocenters. The van der Waals surface area contributed by atoms with Crippen LogP contribution in [0.1, 0.15) is 18.4 Å². The van der Waals surface area contributed by atoms with Crippen LogP contribution in [0, 0.1) is 5.92 Å². The van der Waals surface area contributed by atoms with Crippen molar-refractivity contribution in [2.75, 3.05) is 26.8 Å². The molecule has 106 valence electrons. The monoisotopic (exact) mass is 303 g/mol. The van der Waals surface area contributed by atoms with Crippen molar-refractivity contribution in [3.63, 3.8) is 0 Å². The van der Waals surface area contributed by atoms with Crippen LogP contribution in [0.15, 0.2) is 12.1 Å². The summed E-state index contributed by atoms with van der Waals surface area (Å²) in [5.41, 5.74) is 1.02. The quantitative estimate of drug-likeness (QED) is 0.927. The lowest BCUT2D eigenvalue weighted by molar-refractivity contribution is 0.127. The number of halogens is 2. The number of piperidine rings is 1. The molecule has 0 spiro atoms. The van der Waals surface area contributed by atoms with Crippen LogP contribution < -0.4 is 4.74 Å². The number of rotatable bonds is 4. The molecule has 1 aliphatic rings. The van der Waals surface area contributed by atoms with Gasteiger partial charge in [0.25, 0.3) is 0 Å². The Morgan fingerprint density at radius 3 is 2.58 bits per heavy atom. The number of nitrogens with zero attached hydrogens (tertiary/aromatic N) is 1. The highest BCUT2D eigenvalue weighted by Crippen LogP contribution is 2.33. The molecule has 0 unspecified atom stereocenters. The molecule has 1 fully saturated rings. The lowest BCUT2D eigenvalue weighted by Crippen LogP contribution is -2.34. The van der Waals surface area contributed by atoms with E-state index in [0.29, 0.717) is 28.3 Å². The van der Waals surface area contributed by atoms with E-state index in [-0.39, 0.29) is 0 Å². The lowest BCUT2D eigenvalue weighted by atomic mass is 9.97. The van der Waals surface area contributed by atoms with Crippen molar-refractivity contribution < 1.29 is 9.84 Å². The fourth-order valence-electron chi connectivity index (χ4n) is 2.53. The standard InChI is InChI=1S/C14H19Cl2NO2/c1-19-14-11(6-12(15)7-13(14)16)8-17-4-2-10(9-18)3-5-17/h6-7,10,18H,2-5,8-9H2,1H3. The molecule has 5 heteroatoms. The topological polar surface area (TPSA) is 32.7 Å². The van der Waals surface area contributed by atoms with E-state index in [0.717, 1.165) is 38.0 Å². The highest BCUT2D eigenvalue weighted by Gasteiger charge is 2.20. The molecule has 0 bridgehead atoms. The average Bonchev–Trinajstić information content (AvgIpc) is 2.39. The molecule has 1 aromatic carbocycles. The Bertz CT molecular complexity index is 432. The smallest absolute Gasteiger partial charge is 0.142 e. The van der Waals surface area contributed by atoms with E-state index in [2.05, 4.69) is 4.90 Å². The maximum atomic E-state index is 9.15. The molecule has 1 heterocycles. The molecule has 1 saturated heterocycles. The number of aliphatic hydroxyl groups excluding tert-OH is 1. The highest BCUT2D eigenvalue weighted by atomic mass is 35.5. The predicted molar refractivity (Wildman–Crippen MR) is 78.1 cm³/mol. The zero-order valence-corrected chi connectivity index (χ0v) is 12.5. The maximum absolute atomic E-state index is 9.15. The van der Waals surface area contributed by atoms with Gasteiger partial charge in [-0.25, -0.2) is 0 Å². The van der Waals surface area contributed by atoms with Crippen LogP contribution in [-0.4, -0.2) is 36.8 Å². The number of aliphatic hydroxyl groups is 1. The first-order chi connectivity index (χ1) is 9.13. The molecule has 0 aliphatic carbocycles. The van der Waals surface area contributed by atoms with Crippen molar-refractivity contribution >= 4 is 23.2 Å². The second-order valence-electron chi connectivity index (χ2n) is 4.98. The first-order valence-corrected chi connectivity index (χ1v) is 7.24. The number of methoxy groups -OCH3 is 1. The Hall–Kier alpha value is -0.480. The largest absolute Gasteiger partial charge is 0.495 e. The third-order valence-electron chi connectivity index (χ3n) is 3.65. The Kier molecular flexibility index (Phi) is 5.34. The summed E-state index contributed by atoms with van der Waals surface area (Å²) in [5.74, 6) is 1.15. The molecule has 1 aromatic rings. The molecular formula is C14H19Cl2NO2. The fourth-order valence-corrected chi connectivity index (χ4v) is 3.14. The van der Waals surface area contributed by atoms with Crippen molar-refractivity contribution in [2.45, 2.75) is 19.4 Å². The van der Waals surface area contributed by atoms with E-state index >= 15 is 0 Å². The maximum Gasteiger partial charge on any atom is 0.142 e. The SMILES string of the molecule is COc1c(Cl)cc(Cl)cc1CN1CCC(CO)CC1. The van der Waals surface area contributed by atoms with Crippen molar-refractivity contribution in [2.24, 2.45) is 5.92 Å². The third kappa shape index (κ3) is 3.76. The highest BCUT2D eigenvalue weighted by molar-refractivity contribution is 6.35. The summed E-state index contributed by atoms with van der Waals surface area (Å²) in [6, 6.07) is 3.61. The van der Waals surface area contributed by atoms with Crippen LogP contribution in [0.2, 0.25) is 10.0 Å². The minimum absolute atomic E-state index is 0.292. The van der Waals surface area contributed by atoms with Crippen molar-refractivity contribution in [1.29, 1.82) is 0 Å². The Morgan fingerprint density at radius 2 is 2.00 bits per heavy atom. The Labute approximate surface area is 124 Å². The summed E-state index contributed by atoms with van der Waals surface area (Å²) in [6.45, 7) is 3.04. The van der Waals surface area contributed by atoms with Crippen molar-refractivity contribution in [3.05, 3.63) is 27.7 Å². The van der Waals surface area contributed by atoms with Gasteiger partial charge in [0.2, 0.25) is 0 Å². The molecule has 3 nitrogen and oxygen atoms in total. The second-order valence-corrected chi connectivity index (χ2v) is 5.83. The zero-order valence-electron chi connectivity index (χ0n) is 11.0. The van der Waals surface area contributed by atoms with E-state index in [1.807, 2.05) is 6.07 Å². The second kappa shape index (κ2) is 6.80. The number of ether oxygens (including phenoxy) is 1. The molecule has 0 aromatic heterocycles.